The van der Waals surface area contributed by atoms with Gasteiger partial charge in [-0.05, 0) is 29.3 Å². The standard InChI is InChI=1S/C24H22N2O5/c1-30-22(27)18-13-14-19(23(28)31-2)20(15-18)25-24(29)26-21(16-9-5-3-6-10-16)17-11-7-4-8-12-17/h3-15,21H,1-2H3,(H2,25,26,29). The maximum Gasteiger partial charge on any atom is 0.339 e. The average Bonchev–Trinajstić information content (AvgIpc) is 2.82. The summed E-state index contributed by atoms with van der Waals surface area (Å²) in [6.45, 7) is 0. The second kappa shape index (κ2) is 10.1. The molecule has 0 fully saturated rings. The van der Waals surface area contributed by atoms with Gasteiger partial charge in [0.2, 0.25) is 0 Å². The molecule has 0 saturated heterocycles. The third-order valence-corrected chi connectivity index (χ3v) is 4.64. The van der Waals surface area contributed by atoms with Crippen molar-refractivity contribution in [1.82, 2.24) is 5.32 Å². The number of carbonyl (C=O) groups is 3. The lowest BCUT2D eigenvalue weighted by atomic mass is 9.99. The minimum atomic E-state index is -0.644. The molecule has 0 aliphatic carbocycles. The molecule has 7 heteroatoms. The monoisotopic (exact) mass is 418 g/mol. The zero-order chi connectivity index (χ0) is 22.2. The van der Waals surface area contributed by atoms with Crippen LogP contribution in [0.1, 0.15) is 37.9 Å². The van der Waals surface area contributed by atoms with Gasteiger partial charge in [-0.15, -0.1) is 0 Å². The van der Waals surface area contributed by atoms with Crippen molar-refractivity contribution in [3.05, 3.63) is 101 Å². The zero-order valence-electron chi connectivity index (χ0n) is 17.1. The summed E-state index contributed by atoms with van der Waals surface area (Å²) in [4.78, 5) is 36.9. The number of nitrogens with one attached hydrogen (secondary N) is 2. The van der Waals surface area contributed by atoms with E-state index in [1.54, 1.807) is 0 Å². The summed E-state index contributed by atoms with van der Waals surface area (Å²) in [7, 11) is 2.49. The normalized spacial score (nSPS) is 10.3. The molecule has 0 spiro atoms. The van der Waals surface area contributed by atoms with E-state index in [0.717, 1.165) is 11.1 Å². The first-order valence-corrected chi connectivity index (χ1v) is 9.51. The third-order valence-electron chi connectivity index (χ3n) is 4.64. The average molecular weight is 418 g/mol. The number of urea groups is 1. The molecule has 2 amide bonds. The van der Waals surface area contributed by atoms with Gasteiger partial charge >= 0.3 is 18.0 Å². The minimum Gasteiger partial charge on any atom is -0.465 e. The number of hydrogen-bond donors (Lipinski definition) is 2. The van der Waals surface area contributed by atoms with Gasteiger partial charge in [-0.3, -0.25) is 0 Å². The largest absolute Gasteiger partial charge is 0.465 e. The van der Waals surface area contributed by atoms with E-state index in [4.69, 9.17) is 9.47 Å². The number of ether oxygens (including phenoxy) is 2. The Balaban J connectivity index is 1.90. The first kappa shape index (κ1) is 21.6. The van der Waals surface area contributed by atoms with E-state index < -0.39 is 24.0 Å². The van der Waals surface area contributed by atoms with Crippen LogP contribution in [-0.2, 0) is 9.47 Å². The molecule has 0 radical (unpaired) electrons. The number of esters is 2. The molecule has 0 atom stereocenters. The molecule has 3 aromatic carbocycles. The van der Waals surface area contributed by atoms with Gasteiger partial charge in [0.05, 0.1) is 37.1 Å². The summed E-state index contributed by atoms with van der Waals surface area (Å²) in [6.07, 6.45) is 0. The summed E-state index contributed by atoms with van der Waals surface area (Å²) in [5, 5.41) is 5.58. The SMILES string of the molecule is COC(=O)c1ccc(C(=O)OC)c(NC(=O)NC(c2ccccc2)c2ccccc2)c1. The smallest absolute Gasteiger partial charge is 0.339 e. The minimum absolute atomic E-state index is 0.112. The molecule has 0 saturated carbocycles. The molecule has 3 rings (SSSR count). The van der Waals surface area contributed by atoms with Crippen LogP contribution in [-0.4, -0.2) is 32.2 Å². The molecule has 0 aromatic heterocycles. The quantitative estimate of drug-likeness (QED) is 0.586. The molecule has 158 valence electrons. The van der Waals surface area contributed by atoms with Gasteiger partial charge < -0.3 is 20.1 Å². The Kier molecular flexibility index (Phi) is 7.01. The molecular formula is C24H22N2O5. The highest BCUT2D eigenvalue weighted by molar-refractivity contribution is 6.03. The highest BCUT2D eigenvalue weighted by atomic mass is 16.5. The Bertz CT molecular complexity index is 1030. The fourth-order valence-electron chi connectivity index (χ4n) is 3.12. The molecule has 2 N–H and O–H groups in total. The molecule has 31 heavy (non-hydrogen) atoms. The number of amides is 2. The number of rotatable bonds is 6. The van der Waals surface area contributed by atoms with Crippen molar-refractivity contribution in [2.45, 2.75) is 6.04 Å². The maximum atomic E-state index is 12.9. The predicted octanol–water partition coefficient (Wildman–Crippen LogP) is 4.17. The van der Waals surface area contributed by atoms with Crippen molar-refractivity contribution < 1.29 is 23.9 Å². The van der Waals surface area contributed by atoms with Crippen LogP contribution in [0.3, 0.4) is 0 Å². The van der Waals surface area contributed by atoms with Gasteiger partial charge in [-0.1, -0.05) is 60.7 Å². The van der Waals surface area contributed by atoms with E-state index in [1.807, 2.05) is 60.7 Å². The molecule has 0 unspecified atom stereocenters. The Labute approximate surface area is 180 Å². The van der Waals surface area contributed by atoms with Gasteiger partial charge in [0.25, 0.3) is 0 Å². The first-order valence-electron chi connectivity index (χ1n) is 9.51. The van der Waals surface area contributed by atoms with Crippen LogP contribution >= 0.6 is 0 Å². The van der Waals surface area contributed by atoms with E-state index in [0.29, 0.717) is 0 Å². The van der Waals surface area contributed by atoms with E-state index in [9.17, 15) is 14.4 Å². The maximum absolute atomic E-state index is 12.9. The Morgan fingerprint density at radius 3 is 1.81 bits per heavy atom. The lowest BCUT2D eigenvalue weighted by molar-refractivity contribution is 0.0587. The van der Waals surface area contributed by atoms with Crippen molar-refractivity contribution in [1.29, 1.82) is 0 Å². The second-order valence-corrected chi connectivity index (χ2v) is 6.60. The molecular weight excluding hydrogens is 396 g/mol. The van der Waals surface area contributed by atoms with E-state index >= 15 is 0 Å². The number of methoxy groups -OCH3 is 2. The van der Waals surface area contributed by atoms with Crippen LogP contribution in [0.25, 0.3) is 0 Å². The number of anilines is 1. The van der Waals surface area contributed by atoms with Gasteiger partial charge in [0.1, 0.15) is 0 Å². The van der Waals surface area contributed by atoms with E-state index in [2.05, 4.69) is 10.6 Å². The van der Waals surface area contributed by atoms with Crippen LogP contribution in [0.5, 0.6) is 0 Å². The molecule has 0 aliphatic heterocycles. The summed E-state index contributed by atoms with van der Waals surface area (Å²) in [5.41, 5.74) is 2.21. The van der Waals surface area contributed by atoms with E-state index in [-0.39, 0.29) is 16.8 Å². The van der Waals surface area contributed by atoms with Crippen LogP contribution < -0.4 is 10.6 Å². The number of benzene rings is 3. The Hall–Kier alpha value is -4.13. The van der Waals surface area contributed by atoms with Crippen LogP contribution in [0.15, 0.2) is 78.9 Å². The van der Waals surface area contributed by atoms with Crippen molar-refractivity contribution in [2.24, 2.45) is 0 Å². The molecule has 7 nitrogen and oxygen atoms in total. The van der Waals surface area contributed by atoms with Crippen LogP contribution in [0.4, 0.5) is 10.5 Å². The highest BCUT2D eigenvalue weighted by Gasteiger charge is 2.20. The lowest BCUT2D eigenvalue weighted by Crippen LogP contribution is -2.33. The van der Waals surface area contributed by atoms with E-state index in [1.165, 1.54) is 32.4 Å². The number of carbonyl (C=O) groups excluding carboxylic acids is 3. The van der Waals surface area contributed by atoms with Crippen molar-refractivity contribution >= 4 is 23.7 Å². The summed E-state index contributed by atoms with van der Waals surface area (Å²) < 4.78 is 9.50. The van der Waals surface area contributed by atoms with Crippen molar-refractivity contribution in [3.8, 4) is 0 Å². The van der Waals surface area contributed by atoms with Crippen molar-refractivity contribution in [3.63, 3.8) is 0 Å². The Morgan fingerprint density at radius 2 is 1.29 bits per heavy atom. The molecule has 3 aromatic rings. The topological polar surface area (TPSA) is 93.7 Å². The fraction of sp³-hybridized carbons (Fsp3) is 0.125. The van der Waals surface area contributed by atoms with Crippen LogP contribution in [0, 0.1) is 0 Å². The van der Waals surface area contributed by atoms with Gasteiger partial charge in [0, 0.05) is 0 Å². The zero-order valence-corrected chi connectivity index (χ0v) is 17.1. The van der Waals surface area contributed by atoms with Crippen molar-refractivity contribution in [2.75, 3.05) is 19.5 Å². The number of hydrogen-bond acceptors (Lipinski definition) is 5. The van der Waals surface area contributed by atoms with Gasteiger partial charge in [0.15, 0.2) is 0 Å². The lowest BCUT2D eigenvalue weighted by Gasteiger charge is -2.21. The highest BCUT2D eigenvalue weighted by Crippen LogP contribution is 2.23. The fourth-order valence-corrected chi connectivity index (χ4v) is 3.12. The second-order valence-electron chi connectivity index (χ2n) is 6.60. The molecule has 0 heterocycles. The van der Waals surface area contributed by atoms with Gasteiger partial charge in [-0.2, -0.15) is 0 Å². The Morgan fingerprint density at radius 1 is 0.742 bits per heavy atom. The summed E-state index contributed by atoms with van der Waals surface area (Å²) in [6, 6.07) is 22.2. The van der Waals surface area contributed by atoms with Crippen LogP contribution in [0.2, 0.25) is 0 Å². The molecule has 0 aliphatic rings. The molecule has 0 bridgehead atoms. The summed E-state index contributed by atoms with van der Waals surface area (Å²) >= 11 is 0. The first-order chi connectivity index (χ1) is 15.0. The van der Waals surface area contributed by atoms with Gasteiger partial charge in [-0.25, -0.2) is 14.4 Å². The predicted molar refractivity (Wildman–Crippen MR) is 116 cm³/mol. The third kappa shape index (κ3) is 5.27. The summed E-state index contributed by atoms with van der Waals surface area (Å²) in [5.74, 6) is -1.24.